The minimum atomic E-state index is -0.460. The highest BCUT2D eigenvalue weighted by Gasteiger charge is 2.49. The van der Waals surface area contributed by atoms with Gasteiger partial charge in [-0.3, -0.25) is 4.79 Å². The van der Waals surface area contributed by atoms with E-state index in [1.807, 2.05) is 0 Å². The molecule has 3 aliphatic rings. The lowest BCUT2D eigenvalue weighted by atomic mass is 9.67. The van der Waals surface area contributed by atoms with Crippen LogP contribution in [-0.4, -0.2) is 10.9 Å². The maximum Gasteiger partial charge on any atom is 0.233 e. The van der Waals surface area contributed by atoms with E-state index in [1.54, 1.807) is 22.5 Å². The van der Waals surface area contributed by atoms with Crippen LogP contribution in [0.2, 0.25) is 0 Å². The Labute approximate surface area is 219 Å². The van der Waals surface area contributed by atoms with Gasteiger partial charge >= 0.3 is 0 Å². The summed E-state index contributed by atoms with van der Waals surface area (Å²) in [6.45, 7) is 0. The first-order valence-electron chi connectivity index (χ1n) is 13.8. The van der Waals surface area contributed by atoms with Crippen molar-refractivity contribution in [3.63, 3.8) is 0 Å². The molecule has 3 nitrogen and oxygen atoms in total. The molecule has 4 heteroatoms. The summed E-state index contributed by atoms with van der Waals surface area (Å²) in [5.74, 6) is 0.632. The predicted octanol–water partition coefficient (Wildman–Crippen LogP) is 8.61. The van der Waals surface area contributed by atoms with Gasteiger partial charge in [-0.2, -0.15) is 0 Å². The molecule has 36 heavy (non-hydrogen) atoms. The Morgan fingerprint density at radius 1 is 0.861 bits per heavy atom. The Hall–Kier alpha value is -2.72. The third-order valence-corrected chi connectivity index (χ3v) is 9.66. The van der Waals surface area contributed by atoms with Crippen LogP contribution >= 0.6 is 11.3 Å². The molecule has 1 saturated carbocycles. The van der Waals surface area contributed by atoms with Crippen molar-refractivity contribution in [1.82, 2.24) is 4.98 Å². The molecule has 1 heterocycles. The van der Waals surface area contributed by atoms with E-state index < -0.39 is 5.41 Å². The zero-order valence-corrected chi connectivity index (χ0v) is 21.9. The van der Waals surface area contributed by atoms with E-state index in [0.717, 1.165) is 30.8 Å². The van der Waals surface area contributed by atoms with Crippen LogP contribution in [-0.2, 0) is 4.79 Å². The molecule has 1 N–H and O–H groups in total. The van der Waals surface area contributed by atoms with Crippen molar-refractivity contribution >= 4 is 22.4 Å². The number of thiazole rings is 1. The second kappa shape index (κ2) is 10.3. The van der Waals surface area contributed by atoms with Crippen LogP contribution in [0.25, 0.3) is 0 Å². The number of hydrogen-bond acceptors (Lipinski definition) is 3. The van der Waals surface area contributed by atoms with Gasteiger partial charge in [0.05, 0.1) is 11.1 Å². The third-order valence-electron chi connectivity index (χ3n) is 8.89. The van der Waals surface area contributed by atoms with Crippen LogP contribution in [0.15, 0.2) is 77.2 Å². The van der Waals surface area contributed by atoms with E-state index in [9.17, 15) is 4.79 Å². The molecule has 3 aromatic rings. The van der Waals surface area contributed by atoms with Crippen molar-refractivity contribution in [1.29, 1.82) is 0 Å². The first kappa shape index (κ1) is 23.7. The molecule has 0 saturated heterocycles. The summed E-state index contributed by atoms with van der Waals surface area (Å²) in [6.07, 6.45) is 12.9. The van der Waals surface area contributed by atoms with E-state index in [1.165, 1.54) is 61.8 Å². The smallest absolute Gasteiger partial charge is 0.233 e. The van der Waals surface area contributed by atoms with Gasteiger partial charge in [0.2, 0.25) is 5.91 Å². The number of anilines is 1. The predicted molar refractivity (Wildman–Crippen MR) is 148 cm³/mol. The van der Waals surface area contributed by atoms with E-state index in [0.29, 0.717) is 5.92 Å². The Morgan fingerprint density at radius 2 is 1.50 bits per heavy atom. The van der Waals surface area contributed by atoms with Crippen molar-refractivity contribution in [2.75, 3.05) is 5.32 Å². The number of carbonyl (C=O) groups is 1. The lowest BCUT2D eigenvalue weighted by Gasteiger charge is -2.37. The number of nitrogens with one attached hydrogen (secondary N) is 1. The zero-order chi connectivity index (χ0) is 24.4. The number of rotatable bonds is 6. The van der Waals surface area contributed by atoms with Gasteiger partial charge in [-0.1, -0.05) is 84.7 Å². The molecule has 1 aromatic heterocycles. The third kappa shape index (κ3) is 4.45. The second-order valence-electron chi connectivity index (χ2n) is 10.9. The average molecular weight is 497 g/mol. The summed E-state index contributed by atoms with van der Waals surface area (Å²) in [4.78, 5) is 19.2. The fourth-order valence-electron chi connectivity index (χ4n) is 7.22. The number of benzene rings is 2. The first-order chi connectivity index (χ1) is 17.7. The minimum Gasteiger partial charge on any atom is -0.301 e. The summed E-state index contributed by atoms with van der Waals surface area (Å²) >= 11 is 1.61. The monoisotopic (exact) mass is 496 g/mol. The molecule has 186 valence electrons. The van der Waals surface area contributed by atoms with Crippen molar-refractivity contribution in [3.8, 4) is 0 Å². The molecular formula is C32H36N2OS. The fraction of sp³-hybridized carbons (Fsp3) is 0.438. The molecule has 0 aliphatic heterocycles. The summed E-state index contributed by atoms with van der Waals surface area (Å²) < 4.78 is 0. The lowest BCUT2D eigenvalue weighted by molar-refractivity contribution is -0.126. The molecule has 6 rings (SSSR count). The number of hydrogen-bond donors (Lipinski definition) is 1. The van der Waals surface area contributed by atoms with Gasteiger partial charge in [-0.15, -0.1) is 11.3 Å². The van der Waals surface area contributed by atoms with Gasteiger partial charge in [-0.25, -0.2) is 4.98 Å². The molecule has 0 spiro atoms. The van der Waals surface area contributed by atoms with Gasteiger partial charge in [0.25, 0.3) is 0 Å². The van der Waals surface area contributed by atoms with Crippen LogP contribution in [0.1, 0.15) is 99.3 Å². The number of nitrogens with zero attached hydrogens (tertiary/aromatic N) is 1. The topological polar surface area (TPSA) is 42.0 Å². The number of allylic oxidation sites excluding steroid dienone is 2. The van der Waals surface area contributed by atoms with Gasteiger partial charge in [0.1, 0.15) is 0 Å². The van der Waals surface area contributed by atoms with Crippen molar-refractivity contribution in [2.45, 2.75) is 82.5 Å². The quantitative estimate of drug-likeness (QED) is 0.347. The Kier molecular flexibility index (Phi) is 6.79. The number of carbonyl (C=O) groups excluding carboxylic acids is 1. The van der Waals surface area contributed by atoms with Gasteiger partial charge in [-0.05, 0) is 68.9 Å². The van der Waals surface area contributed by atoms with Crippen molar-refractivity contribution < 1.29 is 4.79 Å². The second-order valence-corrected chi connectivity index (χ2v) is 11.8. The summed E-state index contributed by atoms with van der Waals surface area (Å²) in [6, 6.07) is 21.2. The van der Waals surface area contributed by atoms with Crippen molar-refractivity contribution in [2.24, 2.45) is 5.41 Å². The Morgan fingerprint density at radius 3 is 2.19 bits per heavy atom. The Balaban J connectivity index is 1.30. The van der Waals surface area contributed by atoms with E-state index >= 15 is 0 Å². The van der Waals surface area contributed by atoms with Crippen LogP contribution in [0, 0.1) is 5.41 Å². The Bertz CT molecular complexity index is 1180. The van der Waals surface area contributed by atoms with E-state index in [4.69, 9.17) is 4.98 Å². The molecule has 0 radical (unpaired) electrons. The largest absolute Gasteiger partial charge is 0.301 e. The van der Waals surface area contributed by atoms with Crippen LogP contribution in [0.4, 0.5) is 5.13 Å². The first-order valence-corrected chi connectivity index (χ1v) is 14.7. The van der Waals surface area contributed by atoms with Crippen LogP contribution in [0.3, 0.4) is 0 Å². The number of amides is 1. The summed E-state index contributed by atoms with van der Waals surface area (Å²) in [5.41, 5.74) is 6.52. The fourth-order valence-corrected chi connectivity index (χ4v) is 7.98. The summed E-state index contributed by atoms with van der Waals surface area (Å²) in [7, 11) is 0. The van der Waals surface area contributed by atoms with E-state index in [-0.39, 0.29) is 11.8 Å². The van der Waals surface area contributed by atoms with Gasteiger partial charge in [0, 0.05) is 17.2 Å². The maximum absolute atomic E-state index is 14.2. The molecule has 3 aliphatic carbocycles. The highest BCUT2D eigenvalue weighted by Crippen LogP contribution is 2.53. The van der Waals surface area contributed by atoms with Crippen LogP contribution < -0.4 is 5.32 Å². The highest BCUT2D eigenvalue weighted by molar-refractivity contribution is 7.14. The molecule has 2 aromatic carbocycles. The molecule has 1 atom stereocenters. The SMILES string of the molecule is O=C(Nc1nc(C2CCCC3=C2CCCC3)cs1)C1(C(c2ccccc2)c2ccccc2)CCCC1. The van der Waals surface area contributed by atoms with Gasteiger partial charge in [0.15, 0.2) is 5.13 Å². The van der Waals surface area contributed by atoms with Crippen LogP contribution in [0.5, 0.6) is 0 Å². The van der Waals surface area contributed by atoms with Gasteiger partial charge < -0.3 is 5.32 Å². The standard InChI is InChI=1S/C32H36N2OS/c35-30(34-31-33-28(22-36-31)27-19-11-17-23-12-7-8-18-26(23)27)32(20-9-10-21-32)29(24-13-3-1-4-14-24)25-15-5-2-6-16-25/h1-6,13-16,22,27,29H,7-12,17-21H2,(H,33,34,35). The molecular weight excluding hydrogens is 460 g/mol. The molecule has 1 fully saturated rings. The molecule has 0 bridgehead atoms. The molecule has 1 amide bonds. The zero-order valence-electron chi connectivity index (χ0n) is 21.0. The normalized spacial score (nSPS) is 21.4. The summed E-state index contributed by atoms with van der Waals surface area (Å²) in [5, 5.41) is 6.30. The van der Waals surface area contributed by atoms with Crippen molar-refractivity contribution in [3.05, 3.63) is 94.0 Å². The average Bonchev–Trinajstić information content (AvgIpc) is 3.61. The lowest BCUT2D eigenvalue weighted by Crippen LogP contribution is -2.39. The minimum absolute atomic E-state index is 0.0372. The number of aromatic nitrogens is 1. The maximum atomic E-state index is 14.2. The van der Waals surface area contributed by atoms with E-state index in [2.05, 4.69) is 71.4 Å². The molecule has 1 unspecified atom stereocenters. The highest BCUT2D eigenvalue weighted by atomic mass is 32.1.